The number of hydrogen-bond donors (Lipinski definition) is 2. The van der Waals surface area contributed by atoms with Crippen LogP contribution in [-0.2, 0) is 0 Å². The average Bonchev–Trinajstić information content (AvgIpc) is 2.47. The molecule has 1 saturated carbocycles. The summed E-state index contributed by atoms with van der Waals surface area (Å²) in [5.41, 5.74) is 2.75. The van der Waals surface area contributed by atoms with Gasteiger partial charge in [-0.1, -0.05) is 24.5 Å². The number of carbonyl (C=O) groups excluding carboxylic acids is 1. The van der Waals surface area contributed by atoms with Crippen LogP contribution in [-0.4, -0.2) is 30.5 Å². The molecule has 110 valence electrons. The van der Waals surface area contributed by atoms with Gasteiger partial charge in [-0.15, -0.1) is 0 Å². The Morgan fingerprint density at radius 3 is 2.75 bits per heavy atom. The number of hydrogen-bond acceptors (Lipinski definition) is 3. The van der Waals surface area contributed by atoms with Gasteiger partial charge in [0.15, 0.2) is 0 Å². The predicted molar refractivity (Wildman–Crippen MR) is 87.8 cm³/mol. The van der Waals surface area contributed by atoms with Gasteiger partial charge in [-0.2, -0.15) is 11.8 Å². The first-order valence-electron chi connectivity index (χ1n) is 7.27. The van der Waals surface area contributed by atoms with Crippen molar-refractivity contribution < 1.29 is 4.79 Å². The van der Waals surface area contributed by atoms with Crippen LogP contribution in [0.5, 0.6) is 0 Å². The Balaban J connectivity index is 2.13. The second-order valence-electron chi connectivity index (χ2n) is 5.44. The van der Waals surface area contributed by atoms with Gasteiger partial charge in [0.25, 0.3) is 5.91 Å². The Labute approximate surface area is 125 Å². The largest absolute Gasteiger partial charge is 0.387 e. The highest BCUT2D eigenvalue weighted by Gasteiger charge is 2.26. The summed E-state index contributed by atoms with van der Waals surface area (Å²) in [5.74, 6) is 0.0454. The third-order valence-corrected chi connectivity index (χ3v) is 5.18. The molecule has 2 atom stereocenters. The highest BCUT2D eigenvalue weighted by Crippen LogP contribution is 2.28. The molecule has 20 heavy (non-hydrogen) atoms. The van der Waals surface area contributed by atoms with Crippen LogP contribution >= 0.6 is 11.8 Å². The van der Waals surface area contributed by atoms with E-state index in [0.29, 0.717) is 11.3 Å². The second-order valence-corrected chi connectivity index (χ2v) is 6.51. The number of thioether (sulfide) groups is 1. The van der Waals surface area contributed by atoms with Crippen molar-refractivity contribution in [3.05, 3.63) is 29.3 Å². The topological polar surface area (TPSA) is 41.1 Å². The lowest BCUT2D eigenvalue weighted by Gasteiger charge is -2.31. The van der Waals surface area contributed by atoms with Crippen LogP contribution in [0.2, 0.25) is 0 Å². The molecule has 0 radical (unpaired) electrons. The van der Waals surface area contributed by atoms with Crippen LogP contribution in [0.4, 0.5) is 5.69 Å². The van der Waals surface area contributed by atoms with Crippen LogP contribution < -0.4 is 10.6 Å². The van der Waals surface area contributed by atoms with Crippen molar-refractivity contribution in [2.75, 3.05) is 18.6 Å². The fourth-order valence-electron chi connectivity index (χ4n) is 2.85. The third-order valence-electron chi connectivity index (χ3n) is 4.01. The quantitative estimate of drug-likeness (QED) is 0.893. The van der Waals surface area contributed by atoms with Crippen molar-refractivity contribution in [3.8, 4) is 0 Å². The molecule has 0 saturated heterocycles. The monoisotopic (exact) mass is 292 g/mol. The van der Waals surface area contributed by atoms with Crippen molar-refractivity contribution in [1.29, 1.82) is 0 Å². The summed E-state index contributed by atoms with van der Waals surface area (Å²) in [7, 11) is 1.85. The Bertz CT molecular complexity index is 476. The SMILES string of the molecule is CNc1ccc(C)cc1C(=O)NC1CCCCC1SC. The summed E-state index contributed by atoms with van der Waals surface area (Å²) in [6.45, 7) is 2.02. The fraction of sp³-hybridized carbons (Fsp3) is 0.562. The number of amides is 1. The second kappa shape index (κ2) is 7.02. The van der Waals surface area contributed by atoms with Gasteiger partial charge in [0.05, 0.1) is 5.56 Å². The Kier molecular flexibility index (Phi) is 5.35. The number of carbonyl (C=O) groups is 1. The van der Waals surface area contributed by atoms with Gasteiger partial charge < -0.3 is 10.6 Å². The lowest BCUT2D eigenvalue weighted by molar-refractivity contribution is 0.0930. The highest BCUT2D eigenvalue weighted by molar-refractivity contribution is 7.99. The standard InChI is InChI=1S/C16H24N2OS/c1-11-8-9-13(17-2)12(10-11)16(19)18-14-6-4-5-7-15(14)20-3/h8-10,14-15,17H,4-7H2,1-3H3,(H,18,19). The normalized spacial score (nSPS) is 22.4. The molecule has 4 heteroatoms. The lowest BCUT2D eigenvalue weighted by Crippen LogP contribution is -2.43. The summed E-state index contributed by atoms with van der Waals surface area (Å²) in [6.07, 6.45) is 6.94. The summed E-state index contributed by atoms with van der Waals surface area (Å²) >= 11 is 1.87. The number of rotatable bonds is 4. The third kappa shape index (κ3) is 3.48. The zero-order valence-electron chi connectivity index (χ0n) is 12.5. The van der Waals surface area contributed by atoms with E-state index < -0.39 is 0 Å². The van der Waals surface area contributed by atoms with E-state index in [0.717, 1.165) is 23.2 Å². The lowest BCUT2D eigenvalue weighted by atomic mass is 9.94. The first-order chi connectivity index (χ1) is 9.65. The molecule has 0 heterocycles. The van der Waals surface area contributed by atoms with Gasteiger partial charge in [0, 0.05) is 24.0 Å². The predicted octanol–water partition coefficient (Wildman–Crippen LogP) is 3.44. The van der Waals surface area contributed by atoms with Crippen LogP contribution in [0.15, 0.2) is 18.2 Å². The molecule has 0 aromatic heterocycles. The van der Waals surface area contributed by atoms with E-state index in [2.05, 4.69) is 16.9 Å². The van der Waals surface area contributed by atoms with Crippen LogP contribution in [0.3, 0.4) is 0 Å². The smallest absolute Gasteiger partial charge is 0.253 e. The van der Waals surface area contributed by atoms with Gasteiger partial charge in [-0.25, -0.2) is 0 Å². The number of nitrogens with one attached hydrogen (secondary N) is 2. The van der Waals surface area contributed by atoms with Crippen molar-refractivity contribution in [2.45, 2.75) is 43.9 Å². The molecule has 2 unspecified atom stereocenters. The molecule has 1 aliphatic rings. The minimum atomic E-state index is 0.0454. The molecule has 2 rings (SSSR count). The molecular weight excluding hydrogens is 268 g/mol. The molecule has 1 aromatic rings. The van der Waals surface area contributed by atoms with E-state index in [9.17, 15) is 4.79 Å². The molecular formula is C16H24N2OS. The molecule has 2 N–H and O–H groups in total. The Morgan fingerprint density at radius 1 is 1.30 bits per heavy atom. The molecule has 0 spiro atoms. The first kappa shape index (κ1) is 15.2. The molecule has 1 aliphatic carbocycles. The molecule has 1 amide bonds. The molecule has 0 aliphatic heterocycles. The summed E-state index contributed by atoms with van der Waals surface area (Å²) < 4.78 is 0. The van der Waals surface area contributed by atoms with E-state index in [1.54, 1.807) is 0 Å². The minimum absolute atomic E-state index is 0.0454. The van der Waals surface area contributed by atoms with Crippen molar-refractivity contribution >= 4 is 23.4 Å². The van der Waals surface area contributed by atoms with Crippen LogP contribution in [0.25, 0.3) is 0 Å². The maximum atomic E-state index is 12.5. The molecule has 1 aromatic carbocycles. The fourth-order valence-corrected chi connectivity index (χ4v) is 3.79. The summed E-state index contributed by atoms with van der Waals surface area (Å²) in [4.78, 5) is 12.5. The highest BCUT2D eigenvalue weighted by atomic mass is 32.2. The van der Waals surface area contributed by atoms with Gasteiger partial charge in [0.1, 0.15) is 0 Å². The molecule has 0 bridgehead atoms. The minimum Gasteiger partial charge on any atom is -0.387 e. The first-order valence-corrected chi connectivity index (χ1v) is 8.56. The van der Waals surface area contributed by atoms with Gasteiger partial charge >= 0.3 is 0 Å². The van der Waals surface area contributed by atoms with Crippen molar-refractivity contribution in [1.82, 2.24) is 5.32 Å². The maximum Gasteiger partial charge on any atom is 0.253 e. The molecule has 3 nitrogen and oxygen atoms in total. The van der Waals surface area contributed by atoms with Gasteiger partial charge in [-0.05, 0) is 38.2 Å². The van der Waals surface area contributed by atoms with Gasteiger partial charge in [-0.3, -0.25) is 4.79 Å². The zero-order chi connectivity index (χ0) is 14.5. The molecule has 1 fully saturated rings. The van der Waals surface area contributed by atoms with E-state index in [1.807, 2.05) is 43.9 Å². The van der Waals surface area contributed by atoms with Crippen molar-refractivity contribution in [2.24, 2.45) is 0 Å². The number of benzene rings is 1. The van der Waals surface area contributed by atoms with Crippen LogP contribution in [0, 0.1) is 6.92 Å². The number of aryl methyl sites for hydroxylation is 1. The van der Waals surface area contributed by atoms with E-state index in [4.69, 9.17) is 0 Å². The van der Waals surface area contributed by atoms with Gasteiger partial charge in [0.2, 0.25) is 0 Å². The Morgan fingerprint density at radius 2 is 2.05 bits per heavy atom. The average molecular weight is 292 g/mol. The van der Waals surface area contributed by atoms with E-state index in [1.165, 1.54) is 19.3 Å². The summed E-state index contributed by atoms with van der Waals surface area (Å²) in [5, 5.41) is 6.89. The van der Waals surface area contributed by atoms with E-state index >= 15 is 0 Å². The van der Waals surface area contributed by atoms with Crippen LogP contribution in [0.1, 0.15) is 41.6 Å². The maximum absolute atomic E-state index is 12.5. The van der Waals surface area contributed by atoms with E-state index in [-0.39, 0.29) is 5.91 Å². The summed E-state index contributed by atoms with van der Waals surface area (Å²) in [6, 6.07) is 6.25. The zero-order valence-corrected chi connectivity index (χ0v) is 13.3. The number of anilines is 1. The van der Waals surface area contributed by atoms with Crippen molar-refractivity contribution in [3.63, 3.8) is 0 Å². The Hall–Kier alpha value is -1.16.